The smallest absolute Gasteiger partial charge is 0.159 e. The summed E-state index contributed by atoms with van der Waals surface area (Å²) in [7, 11) is 0. The van der Waals surface area contributed by atoms with Crippen molar-refractivity contribution >= 4 is 0 Å². The van der Waals surface area contributed by atoms with Crippen LogP contribution < -0.4 is 0 Å². The number of ether oxygens (including phenoxy) is 2. The van der Waals surface area contributed by atoms with Gasteiger partial charge >= 0.3 is 0 Å². The number of nitriles is 1. The molecule has 0 amide bonds. The molecule has 0 radical (unpaired) electrons. The maximum Gasteiger partial charge on any atom is 0.159 e. The van der Waals surface area contributed by atoms with Crippen molar-refractivity contribution in [1.82, 2.24) is 0 Å². The number of hydrogen-bond acceptors (Lipinski definition) is 3. The monoisotopic (exact) mass is 211 g/mol. The number of hydrogen-bond donors (Lipinski definition) is 0. The third-order valence-corrected chi connectivity index (χ3v) is 3.06. The largest absolute Gasteiger partial charge is 0.353 e. The van der Waals surface area contributed by atoms with Crippen molar-refractivity contribution in [2.24, 2.45) is 5.41 Å². The van der Waals surface area contributed by atoms with Crippen molar-refractivity contribution in [2.45, 2.75) is 52.2 Å². The molecule has 0 bridgehead atoms. The zero-order valence-corrected chi connectivity index (χ0v) is 9.79. The van der Waals surface area contributed by atoms with Gasteiger partial charge in [0.2, 0.25) is 0 Å². The second kappa shape index (κ2) is 6.09. The van der Waals surface area contributed by atoms with Gasteiger partial charge in [-0.2, -0.15) is 5.26 Å². The van der Waals surface area contributed by atoms with Crippen molar-refractivity contribution in [3.05, 3.63) is 0 Å². The van der Waals surface area contributed by atoms with E-state index in [0.717, 1.165) is 19.3 Å². The molecule has 1 fully saturated rings. The second-order valence-corrected chi connectivity index (χ2v) is 4.14. The minimum Gasteiger partial charge on any atom is -0.353 e. The molecule has 0 N–H and O–H groups in total. The molecule has 0 aromatic rings. The Morgan fingerprint density at radius 1 is 1.20 bits per heavy atom. The van der Waals surface area contributed by atoms with E-state index in [2.05, 4.69) is 6.07 Å². The van der Waals surface area contributed by atoms with Crippen molar-refractivity contribution in [3.8, 4) is 6.07 Å². The topological polar surface area (TPSA) is 42.2 Å². The first-order valence-corrected chi connectivity index (χ1v) is 5.91. The Hall–Kier alpha value is -0.590. The summed E-state index contributed by atoms with van der Waals surface area (Å²) in [4.78, 5) is 0. The van der Waals surface area contributed by atoms with E-state index in [0.29, 0.717) is 13.2 Å². The van der Waals surface area contributed by atoms with Crippen LogP contribution in [0.4, 0.5) is 0 Å². The van der Waals surface area contributed by atoms with Gasteiger partial charge in [-0.1, -0.05) is 12.8 Å². The van der Waals surface area contributed by atoms with Gasteiger partial charge in [0.1, 0.15) is 0 Å². The standard InChI is InChI=1S/C12H21NO2/c1-3-14-11(15-4-2)9-12(10-13)7-5-6-8-12/h11H,3-9H2,1-2H3. The summed E-state index contributed by atoms with van der Waals surface area (Å²) >= 11 is 0. The van der Waals surface area contributed by atoms with E-state index in [4.69, 9.17) is 9.47 Å². The molecule has 15 heavy (non-hydrogen) atoms. The minimum atomic E-state index is -0.197. The van der Waals surface area contributed by atoms with Crippen LogP contribution >= 0.6 is 0 Å². The molecule has 3 nitrogen and oxygen atoms in total. The van der Waals surface area contributed by atoms with Gasteiger partial charge in [0.05, 0.1) is 11.5 Å². The molecule has 0 unspecified atom stereocenters. The summed E-state index contributed by atoms with van der Waals surface area (Å²) in [6, 6.07) is 2.46. The summed E-state index contributed by atoms with van der Waals surface area (Å²) in [6.45, 7) is 5.21. The van der Waals surface area contributed by atoms with Gasteiger partial charge in [0.25, 0.3) is 0 Å². The molecule has 0 aromatic carbocycles. The van der Waals surface area contributed by atoms with Crippen LogP contribution in [-0.2, 0) is 9.47 Å². The van der Waals surface area contributed by atoms with Crippen LogP contribution in [0.25, 0.3) is 0 Å². The highest BCUT2D eigenvalue weighted by atomic mass is 16.7. The first-order valence-electron chi connectivity index (χ1n) is 5.91. The van der Waals surface area contributed by atoms with E-state index in [1.807, 2.05) is 13.8 Å². The molecule has 1 saturated carbocycles. The van der Waals surface area contributed by atoms with E-state index < -0.39 is 0 Å². The average molecular weight is 211 g/mol. The van der Waals surface area contributed by atoms with Crippen molar-refractivity contribution in [3.63, 3.8) is 0 Å². The zero-order valence-electron chi connectivity index (χ0n) is 9.79. The molecule has 1 aliphatic rings. The predicted octanol–water partition coefficient (Wildman–Crippen LogP) is 2.86. The molecule has 0 saturated heterocycles. The Morgan fingerprint density at radius 3 is 2.13 bits per heavy atom. The summed E-state index contributed by atoms with van der Waals surface area (Å²) < 4.78 is 11.0. The van der Waals surface area contributed by atoms with Crippen LogP contribution in [0.5, 0.6) is 0 Å². The Labute approximate surface area is 92.4 Å². The quantitative estimate of drug-likeness (QED) is 0.634. The first-order chi connectivity index (χ1) is 7.26. The lowest BCUT2D eigenvalue weighted by Crippen LogP contribution is -2.27. The molecule has 0 aliphatic heterocycles. The highest BCUT2D eigenvalue weighted by molar-refractivity contribution is 5.02. The SMILES string of the molecule is CCOC(CC1(C#N)CCCC1)OCC. The Morgan fingerprint density at radius 2 is 1.73 bits per heavy atom. The van der Waals surface area contributed by atoms with E-state index in [1.54, 1.807) is 0 Å². The molecule has 0 atom stereocenters. The van der Waals surface area contributed by atoms with Gasteiger partial charge in [0.15, 0.2) is 6.29 Å². The van der Waals surface area contributed by atoms with Gasteiger partial charge in [0, 0.05) is 19.6 Å². The highest BCUT2D eigenvalue weighted by Crippen LogP contribution is 2.41. The van der Waals surface area contributed by atoms with E-state index in [-0.39, 0.29) is 11.7 Å². The minimum absolute atomic E-state index is 0.186. The van der Waals surface area contributed by atoms with Gasteiger partial charge in [-0.25, -0.2) is 0 Å². The molecular formula is C12H21NO2. The number of nitrogens with zero attached hydrogens (tertiary/aromatic N) is 1. The summed E-state index contributed by atoms with van der Waals surface area (Å²) in [5.74, 6) is 0. The Kier molecular flexibility index (Phi) is 5.07. The third kappa shape index (κ3) is 3.48. The van der Waals surface area contributed by atoms with Crippen molar-refractivity contribution < 1.29 is 9.47 Å². The molecular weight excluding hydrogens is 190 g/mol. The highest BCUT2D eigenvalue weighted by Gasteiger charge is 2.36. The fourth-order valence-corrected chi connectivity index (χ4v) is 2.27. The molecule has 0 spiro atoms. The summed E-state index contributed by atoms with van der Waals surface area (Å²) in [5, 5.41) is 9.24. The van der Waals surface area contributed by atoms with Gasteiger partial charge in [-0.05, 0) is 26.7 Å². The third-order valence-electron chi connectivity index (χ3n) is 3.06. The van der Waals surface area contributed by atoms with Crippen LogP contribution in [0.2, 0.25) is 0 Å². The van der Waals surface area contributed by atoms with Crippen LogP contribution in [-0.4, -0.2) is 19.5 Å². The molecule has 3 heteroatoms. The van der Waals surface area contributed by atoms with Crippen LogP contribution in [0.3, 0.4) is 0 Å². The average Bonchev–Trinajstić information content (AvgIpc) is 2.68. The number of rotatable bonds is 6. The van der Waals surface area contributed by atoms with Crippen LogP contribution in [0.1, 0.15) is 46.0 Å². The molecule has 1 aliphatic carbocycles. The van der Waals surface area contributed by atoms with Gasteiger partial charge in [-0.15, -0.1) is 0 Å². The lowest BCUT2D eigenvalue weighted by Gasteiger charge is -2.26. The zero-order chi connectivity index (χ0) is 11.1. The second-order valence-electron chi connectivity index (χ2n) is 4.14. The maximum atomic E-state index is 9.24. The molecule has 1 rings (SSSR count). The van der Waals surface area contributed by atoms with Gasteiger partial charge < -0.3 is 9.47 Å². The lowest BCUT2D eigenvalue weighted by atomic mass is 9.84. The molecule has 0 heterocycles. The van der Waals surface area contributed by atoms with E-state index in [1.165, 1.54) is 12.8 Å². The fourth-order valence-electron chi connectivity index (χ4n) is 2.27. The summed E-state index contributed by atoms with van der Waals surface area (Å²) in [6.07, 6.45) is 4.86. The normalized spacial score (nSPS) is 19.3. The van der Waals surface area contributed by atoms with Gasteiger partial charge in [-0.3, -0.25) is 0 Å². The van der Waals surface area contributed by atoms with Crippen LogP contribution in [0.15, 0.2) is 0 Å². The van der Waals surface area contributed by atoms with Crippen molar-refractivity contribution in [2.75, 3.05) is 13.2 Å². The van der Waals surface area contributed by atoms with Crippen LogP contribution in [0, 0.1) is 16.7 Å². The van der Waals surface area contributed by atoms with E-state index >= 15 is 0 Å². The van der Waals surface area contributed by atoms with E-state index in [9.17, 15) is 5.26 Å². The molecule has 0 aromatic heterocycles. The van der Waals surface area contributed by atoms with Crippen molar-refractivity contribution in [1.29, 1.82) is 5.26 Å². The summed E-state index contributed by atoms with van der Waals surface area (Å²) in [5.41, 5.74) is -0.186. The first kappa shape index (κ1) is 12.5. The lowest BCUT2D eigenvalue weighted by molar-refractivity contribution is -0.150. The fraction of sp³-hybridized carbons (Fsp3) is 0.917. The molecule has 86 valence electrons. The Bertz CT molecular complexity index is 210. The predicted molar refractivity (Wildman–Crippen MR) is 58.2 cm³/mol. The maximum absolute atomic E-state index is 9.24. The Balaban J connectivity index is 2.51.